The van der Waals surface area contributed by atoms with Gasteiger partial charge in [0.2, 0.25) is 6.41 Å². The maximum absolute atomic E-state index is 13.3. The number of pyridine rings is 1. The van der Waals surface area contributed by atoms with Crippen molar-refractivity contribution < 1.29 is 32.2 Å². The summed E-state index contributed by atoms with van der Waals surface area (Å²) >= 11 is 0. The van der Waals surface area contributed by atoms with Crippen LogP contribution in [0.5, 0.6) is 5.75 Å². The lowest BCUT2D eigenvalue weighted by Gasteiger charge is -2.48. The van der Waals surface area contributed by atoms with Crippen molar-refractivity contribution in [1.82, 2.24) is 14.8 Å². The molecule has 0 saturated carbocycles. The Morgan fingerprint density at radius 3 is 2.35 bits per heavy atom. The van der Waals surface area contributed by atoms with Crippen molar-refractivity contribution in [3.05, 3.63) is 77.5 Å². The molecule has 1 aliphatic heterocycles. The fourth-order valence-electron chi connectivity index (χ4n) is 5.68. The summed E-state index contributed by atoms with van der Waals surface area (Å²) in [6.45, 7) is 6.40. The number of carbonyl (C=O) groups excluding carboxylic acids is 2. The number of benzene rings is 2. The summed E-state index contributed by atoms with van der Waals surface area (Å²) in [4.78, 5) is 35.0. The summed E-state index contributed by atoms with van der Waals surface area (Å²) < 4.78 is 50.9. The van der Waals surface area contributed by atoms with E-state index in [-0.39, 0.29) is 18.7 Å². The van der Waals surface area contributed by atoms with Gasteiger partial charge in [0.05, 0.1) is 35.2 Å². The number of likely N-dealkylation sites (N-methyl/N-ethyl adjacent to an activating group) is 1. The number of piperidine rings is 1. The second kappa shape index (κ2) is 13.7. The second-order valence-corrected chi connectivity index (χ2v) is 12.2. The third kappa shape index (κ3) is 7.53. The highest BCUT2D eigenvalue weighted by Crippen LogP contribution is 2.41. The quantitative estimate of drug-likeness (QED) is 0.248. The Morgan fingerprint density at radius 1 is 1.09 bits per heavy atom. The van der Waals surface area contributed by atoms with Crippen molar-refractivity contribution in [3.8, 4) is 23.1 Å². The number of amides is 2. The van der Waals surface area contributed by atoms with E-state index in [1.807, 2.05) is 47.4 Å². The van der Waals surface area contributed by atoms with Gasteiger partial charge in [-0.15, -0.1) is 0 Å². The van der Waals surface area contributed by atoms with Gasteiger partial charge in [-0.05, 0) is 75.6 Å². The minimum atomic E-state index is -4.57. The molecule has 1 aromatic heterocycles. The zero-order chi connectivity index (χ0) is 33.7. The lowest BCUT2D eigenvalue weighted by Crippen LogP contribution is -2.54. The zero-order valence-electron chi connectivity index (χ0n) is 26.6. The summed E-state index contributed by atoms with van der Waals surface area (Å²) in [6, 6.07) is 16.3. The fraction of sp³-hybridized carbons (Fsp3) is 0.412. The molecule has 0 atom stereocenters. The number of para-hydroxylation sites is 1. The Morgan fingerprint density at radius 2 is 1.78 bits per heavy atom. The van der Waals surface area contributed by atoms with Crippen LogP contribution in [0.15, 0.2) is 60.8 Å². The topological polar surface area (TPSA) is 99.0 Å². The van der Waals surface area contributed by atoms with Crippen LogP contribution in [-0.2, 0) is 21.2 Å². The van der Waals surface area contributed by atoms with E-state index in [2.05, 4.69) is 0 Å². The molecule has 0 spiro atoms. The third-order valence-corrected chi connectivity index (χ3v) is 8.12. The highest BCUT2D eigenvalue weighted by atomic mass is 19.4. The highest BCUT2D eigenvalue weighted by molar-refractivity contribution is 5.68. The molecule has 0 unspecified atom stereocenters. The van der Waals surface area contributed by atoms with Crippen LogP contribution in [0.4, 0.5) is 23.7 Å². The van der Waals surface area contributed by atoms with Gasteiger partial charge in [0, 0.05) is 45.0 Å². The molecule has 3 aromatic rings. The van der Waals surface area contributed by atoms with Gasteiger partial charge in [-0.2, -0.15) is 18.4 Å². The first-order valence-electron chi connectivity index (χ1n) is 14.8. The Labute approximate surface area is 267 Å². The Kier molecular flexibility index (Phi) is 10.1. The van der Waals surface area contributed by atoms with Crippen LogP contribution in [0.3, 0.4) is 0 Å². The smallest absolute Gasteiger partial charge is 0.416 e. The molecule has 2 aromatic carbocycles. The molecule has 0 bridgehead atoms. The summed E-state index contributed by atoms with van der Waals surface area (Å²) in [5.41, 5.74) is 0.161. The molecule has 46 heavy (non-hydrogen) atoms. The molecule has 9 nitrogen and oxygen atoms in total. The van der Waals surface area contributed by atoms with Crippen LogP contribution in [-0.4, -0.2) is 73.2 Å². The molecule has 2 heterocycles. The van der Waals surface area contributed by atoms with E-state index in [9.17, 15) is 28.0 Å². The Bertz CT molecular complexity index is 1570. The standard InChI is InChI=1S/C34H38F3N5O4/c1-32(2,3)46-31(44)40(4)18-19-42(23-43)33(26-10-12-28(39-22-26)27-8-6-7-9-30(27)45-5)14-16-41(17-15-33)29-13-11-25(34(35,36)37)20-24(29)21-38/h6-13,20,22-23H,14-19H2,1-5H3. The SMILES string of the molecule is COc1ccccc1-c1ccc(C2(N(C=O)CCN(C)C(=O)OC(C)(C)C)CCN(c3ccc(C(F)(F)F)cc3C#N)CC2)cn1. The molecule has 0 N–H and O–H groups in total. The van der Waals surface area contributed by atoms with Crippen molar-refractivity contribution in [1.29, 1.82) is 5.26 Å². The molecule has 244 valence electrons. The van der Waals surface area contributed by atoms with E-state index >= 15 is 0 Å². The van der Waals surface area contributed by atoms with Crippen molar-refractivity contribution in [2.75, 3.05) is 45.2 Å². The number of nitrogens with zero attached hydrogens (tertiary/aromatic N) is 5. The van der Waals surface area contributed by atoms with Gasteiger partial charge >= 0.3 is 12.3 Å². The van der Waals surface area contributed by atoms with Crippen molar-refractivity contribution in [2.45, 2.75) is 50.9 Å². The maximum Gasteiger partial charge on any atom is 0.416 e. The molecular formula is C34H38F3N5O4. The predicted molar refractivity (Wildman–Crippen MR) is 167 cm³/mol. The molecule has 1 saturated heterocycles. The van der Waals surface area contributed by atoms with Crippen LogP contribution in [0.25, 0.3) is 11.3 Å². The normalized spacial score (nSPS) is 14.6. The van der Waals surface area contributed by atoms with E-state index < -0.39 is 29.0 Å². The van der Waals surface area contributed by atoms with Crippen LogP contribution in [0, 0.1) is 11.3 Å². The number of hydrogen-bond donors (Lipinski definition) is 0. The molecule has 0 aliphatic carbocycles. The fourth-order valence-corrected chi connectivity index (χ4v) is 5.68. The first-order valence-corrected chi connectivity index (χ1v) is 14.8. The number of aromatic nitrogens is 1. The minimum absolute atomic E-state index is 0.0728. The summed E-state index contributed by atoms with van der Waals surface area (Å²) in [6.07, 6.45) is -1.82. The number of halogens is 3. The summed E-state index contributed by atoms with van der Waals surface area (Å²) in [5, 5.41) is 9.68. The lowest BCUT2D eigenvalue weighted by atomic mass is 9.79. The van der Waals surface area contributed by atoms with Crippen LogP contribution < -0.4 is 9.64 Å². The van der Waals surface area contributed by atoms with Gasteiger partial charge in [0.25, 0.3) is 0 Å². The monoisotopic (exact) mass is 637 g/mol. The van der Waals surface area contributed by atoms with Gasteiger partial charge in [-0.3, -0.25) is 9.78 Å². The Hall–Kier alpha value is -4.79. The van der Waals surface area contributed by atoms with Crippen molar-refractivity contribution >= 4 is 18.2 Å². The number of alkyl halides is 3. The van der Waals surface area contributed by atoms with Gasteiger partial charge in [0.1, 0.15) is 17.4 Å². The number of anilines is 1. The van der Waals surface area contributed by atoms with Crippen LogP contribution >= 0.6 is 0 Å². The minimum Gasteiger partial charge on any atom is -0.496 e. The Balaban J connectivity index is 1.66. The van der Waals surface area contributed by atoms with Gasteiger partial charge in [-0.25, -0.2) is 4.79 Å². The number of rotatable bonds is 9. The maximum atomic E-state index is 13.3. The van der Waals surface area contributed by atoms with Crippen LogP contribution in [0.2, 0.25) is 0 Å². The van der Waals surface area contributed by atoms with Crippen LogP contribution in [0.1, 0.15) is 50.3 Å². The number of ether oxygens (including phenoxy) is 2. The van der Waals surface area contributed by atoms with Crippen molar-refractivity contribution in [3.63, 3.8) is 0 Å². The van der Waals surface area contributed by atoms with E-state index in [0.29, 0.717) is 43.1 Å². The van der Waals surface area contributed by atoms with E-state index in [1.54, 1.807) is 46.0 Å². The van der Waals surface area contributed by atoms with E-state index in [4.69, 9.17) is 14.5 Å². The first kappa shape index (κ1) is 34.1. The molecule has 12 heteroatoms. The lowest BCUT2D eigenvalue weighted by molar-refractivity contribution is -0.137. The molecule has 4 rings (SSSR count). The third-order valence-electron chi connectivity index (χ3n) is 8.12. The van der Waals surface area contributed by atoms with Gasteiger partial charge < -0.3 is 24.2 Å². The number of carbonyl (C=O) groups is 2. The summed E-state index contributed by atoms with van der Waals surface area (Å²) in [5.74, 6) is 0.662. The van der Waals surface area contributed by atoms with E-state index in [1.165, 1.54) is 11.0 Å². The summed E-state index contributed by atoms with van der Waals surface area (Å²) in [7, 11) is 3.19. The predicted octanol–water partition coefficient (Wildman–Crippen LogP) is 6.47. The largest absolute Gasteiger partial charge is 0.496 e. The second-order valence-electron chi connectivity index (χ2n) is 12.2. The molecule has 1 aliphatic rings. The van der Waals surface area contributed by atoms with Gasteiger partial charge in [-0.1, -0.05) is 18.2 Å². The number of methoxy groups -OCH3 is 1. The highest BCUT2D eigenvalue weighted by Gasteiger charge is 2.42. The van der Waals surface area contributed by atoms with Gasteiger partial charge in [0.15, 0.2) is 0 Å². The molecular weight excluding hydrogens is 599 g/mol. The number of hydrogen-bond acceptors (Lipinski definition) is 7. The number of nitriles is 1. The van der Waals surface area contributed by atoms with E-state index in [0.717, 1.165) is 29.7 Å². The van der Waals surface area contributed by atoms with Crippen molar-refractivity contribution in [2.24, 2.45) is 0 Å². The average molecular weight is 638 g/mol. The molecule has 0 radical (unpaired) electrons. The average Bonchev–Trinajstić information content (AvgIpc) is 3.03. The first-order chi connectivity index (χ1) is 21.7. The molecule has 2 amide bonds. The molecule has 1 fully saturated rings. The zero-order valence-corrected chi connectivity index (χ0v) is 26.6.